The van der Waals surface area contributed by atoms with E-state index in [1.54, 1.807) is 6.92 Å². The van der Waals surface area contributed by atoms with Gasteiger partial charge < -0.3 is 0 Å². The van der Waals surface area contributed by atoms with Crippen LogP contribution in [0.5, 0.6) is 0 Å². The van der Waals surface area contributed by atoms with Gasteiger partial charge in [-0.1, -0.05) is 0 Å². The molecule has 0 fully saturated rings. The zero-order chi connectivity index (χ0) is 2.71. The number of rotatable bonds is 0. The summed E-state index contributed by atoms with van der Waals surface area (Å²) in [7, 11) is 0. The second kappa shape index (κ2) is 11.4. The number of hydrogen-bond donors (Lipinski definition) is 1. The molecule has 0 amide bonds. The van der Waals surface area contributed by atoms with Gasteiger partial charge in [0.1, 0.15) is 0 Å². The van der Waals surface area contributed by atoms with Gasteiger partial charge in [-0.25, -0.2) is 0 Å². The van der Waals surface area contributed by atoms with Gasteiger partial charge in [-0.3, -0.25) is 0 Å². The van der Waals surface area contributed by atoms with Gasteiger partial charge in [0.25, 0.3) is 6.07 Å². The summed E-state index contributed by atoms with van der Waals surface area (Å²) in [5.74, 6) is 0. The van der Waals surface area contributed by atoms with E-state index < -0.39 is 0 Å². The fourth-order valence-electron chi connectivity index (χ4n) is 0. The van der Waals surface area contributed by atoms with E-state index >= 15 is 0 Å². The zero-order valence-electron chi connectivity index (χ0n) is 3.00. The summed E-state index contributed by atoms with van der Waals surface area (Å²) in [4.78, 5) is 0. The molecule has 0 atom stereocenters. The fraction of sp³-hybridized carbons (Fsp3) is 0.500. The normalized spacial score (nSPS) is 2.00. The van der Waals surface area contributed by atoms with Crippen molar-refractivity contribution in [2.75, 3.05) is 0 Å². The third kappa shape index (κ3) is 323. The standard InChI is InChI=1S/C2H3N.Li/c1-2-3;/h1H3;/q;+1/p+1. The van der Waals surface area contributed by atoms with Gasteiger partial charge in [0, 0.05) is 0 Å². The molecule has 0 aromatic heterocycles. The van der Waals surface area contributed by atoms with Gasteiger partial charge in [0.15, 0.2) is 0 Å². The number of hydrogen-bond acceptors (Lipinski definition) is 0. The van der Waals surface area contributed by atoms with Crippen LogP contribution in [-0.2, 0) is 0 Å². The van der Waals surface area contributed by atoms with E-state index in [1.807, 2.05) is 6.07 Å². The molecule has 0 aliphatic heterocycles. The van der Waals surface area contributed by atoms with Crippen molar-refractivity contribution in [3.05, 3.63) is 0 Å². The second-order valence-electron chi connectivity index (χ2n) is 0.250. The van der Waals surface area contributed by atoms with Gasteiger partial charge in [-0.05, 0) is 0 Å². The minimum atomic E-state index is 0. The summed E-state index contributed by atoms with van der Waals surface area (Å²) in [6, 6.07) is 2.00. The summed E-state index contributed by atoms with van der Waals surface area (Å²) < 4.78 is 0. The Labute approximate surface area is 37.8 Å². The van der Waals surface area contributed by atoms with Crippen molar-refractivity contribution in [1.29, 1.82) is 0 Å². The van der Waals surface area contributed by atoms with Crippen LogP contribution >= 0.6 is 0 Å². The molecule has 0 unspecified atom stereocenters. The summed E-state index contributed by atoms with van der Waals surface area (Å²) in [6.45, 7) is 1.54. The van der Waals surface area contributed by atoms with Crippen molar-refractivity contribution in [2.24, 2.45) is 0 Å². The fourth-order valence-corrected chi connectivity index (χ4v) is 0. The predicted molar refractivity (Wildman–Crippen MR) is 10.5 cm³/mol. The molecule has 4 heavy (non-hydrogen) atoms. The third-order valence-electron chi connectivity index (χ3n) is 0. The van der Waals surface area contributed by atoms with Crippen LogP contribution in [-0.4, -0.2) is 0 Å². The Kier molecular flexibility index (Phi) is 25.4. The molecule has 0 spiro atoms. The van der Waals surface area contributed by atoms with Crippen LogP contribution in [0, 0.1) is 6.07 Å². The zero-order valence-corrected chi connectivity index (χ0v) is 3.00. The molecule has 0 aromatic rings. The smallest absolute Gasteiger partial charge is 0.102 e. The molecule has 1 nitrogen and oxygen atoms in total. The Morgan fingerprint density at radius 2 is 1.75 bits per heavy atom. The molecule has 0 heterocycles. The van der Waals surface area contributed by atoms with E-state index in [4.69, 9.17) is 5.26 Å². The molecule has 0 aliphatic rings. The minimum absolute atomic E-state index is 0. The average Bonchev–Trinajstić information content (AvgIpc) is 0.918. The Hall–Kier alpha value is 0.0874. The summed E-state index contributed by atoms with van der Waals surface area (Å²) in [6.07, 6.45) is 0. The van der Waals surface area contributed by atoms with Crippen LogP contribution in [0.4, 0.5) is 0 Å². The molecule has 1 N–H and O–H groups in total. The van der Waals surface area contributed by atoms with Crippen molar-refractivity contribution < 1.29 is 24.1 Å². The summed E-state index contributed by atoms with van der Waals surface area (Å²) in [5.41, 5.74) is 0. The van der Waals surface area contributed by atoms with Crippen LogP contribution in [0.25, 0.3) is 0 Å². The van der Waals surface area contributed by atoms with Crippen molar-refractivity contribution >= 4 is 0 Å². The van der Waals surface area contributed by atoms with E-state index in [0.717, 1.165) is 0 Å². The Balaban J connectivity index is 0. The first-order chi connectivity index (χ1) is 1.41. The second-order valence-corrected chi connectivity index (χ2v) is 0.250. The predicted octanol–water partition coefficient (Wildman–Crippen LogP) is -4.22. The quantitative estimate of drug-likeness (QED) is 0.269. The van der Waals surface area contributed by atoms with E-state index in [2.05, 4.69) is 0 Å². The van der Waals surface area contributed by atoms with E-state index in [-0.39, 0.29) is 18.9 Å². The summed E-state index contributed by atoms with van der Waals surface area (Å²) in [5, 5.41) is 5.96. The minimum Gasteiger partial charge on any atom is -0.102 e. The maximum Gasteiger partial charge on any atom is 1.00 e. The largest absolute Gasteiger partial charge is 1.00 e. The van der Waals surface area contributed by atoms with Crippen molar-refractivity contribution in [3.63, 3.8) is 0 Å². The van der Waals surface area contributed by atoms with Crippen LogP contribution in [0.3, 0.4) is 0 Å². The van der Waals surface area contributed by atoms with Gasteiger partial charge in [-0.15, -0.1) is 5.26 Å². The first-order valence-electron chi connectivity index (χ1n) is 0.750. The molecule has 0 saturated carbocycles. The Morgan fingerprint density at radius 3 is 1.75 bits per heavy atom. The Bertz CT molecular complexity index is 27.5. The van der Waals surface area contributed by atoms with Gasteiger partial charge >= 0.3 is 18.9 Å². The molecule has 0 aromatic carbocycles. The first kappa shape index (κ1) is 8.94. The van der Waals surface area contributed by atoms with Crippen LogP contribution < -0.4 is 24.1 Å². The first-order valence-corrected chi connectivity index (χ1v) is 0.750. The maximum absolute atomic E-state index is 5.96. The van der Waals surface area contributed by atoms with Crippen molar-refractivity contribution in [2.45, 2.75) is 6.92 Å². The van der Waals surface area contributed by atoms with Crippen LogP contribution in [0.2, 0.25) is 0 Å². The SMILES string of the molecule is CC#[NH+].[Li+]. The van der Waals surface area contributed by atoms with Crippen LogP contribution in [0.15, 0.2) is 0 Å². The molecule has 0 bridgehead atoms. The maximum atomic E-state index is 5.96. The molecule has 0 saturated heterocycles. The molecule has 0 rings (SSSR count). The molecule has 0 aliphatic carbocycles. The van der Waals surface area contributed by atoms with Gasteiger partial charge in [0.2, 0.25) is 0 Å². The van der Waals surface area contributed by atoms with Crippen molar-refractivity contribution in [1.82, 2.24) is 0 Å². The van der Waals surface area contributed by atoms with E-state index in [9.17, 15) is 0 Å². The van der Waals surface area contributed by atoms with Gasteiger partial charge in [-0.2, -0.15) is 0 Å². The molecule has 2 heteroatoms. The summed E-state index contributed by atoms with van der Waals surface area (Å²) >= 11 is 0. The van der Waals surface area contributed by atoms with E-state index in [0.29, 0.717) is 0 Å². The van der Waals surface area contributed by atoms with Crippen LogP contribution in [0.1, 0.15) is 6.92 Å². The molecular formula is C2H4LiN+2. The van der Waals surface area contributed by atoms with E-state index in [1.165, 1.54) is 0 Å². The Morgan fingerprint density at radius 1 is 1.75 bits per heavy atom. The topological polar surface area (TPSA) is 23.8 Å². The molecule has 16 valence electrons. The van der Waals surface area contributed by atoms with Crippen molar-refractivity contribution in [3.8, 4) is 6.07 Å². The number of nitrogens with one attached hydrogen (secondary N) is 1. The van der Waals surface area contributed by atoms with Gasteiger partial charge in [0.05, 0.1) is 6.92 Å². The molecular weight excluding hydrogens is 45.0 g/mol. The monoisotopic (exact) mass is 49.0 g/mol. The average molecular weight is 49.0 g/mol. The third-order valence-corrected chi connectivity index (χ3v) is 0. The molecule has 0 radical (unpaired) electrons.